The number of pyridine rings is 1. The monoisotopic (exact) mass is 243 g/mol. The smallest absolute Gasteiger partial charge is 0.0721 e. The Morgan fingerprint density at radius 3 is 2.58 bits per heavy atom. The first-order valence-corrected chi connectivity index (χ1v) is 6.51. The Morgan fingerprint density at radius 2 is 1.74 bits per heavy atom. The lowest BCUT2D eigenvalue weighted by molar-refractivity contribution is 1.38. The van der Waals surface area contributed by atoms with Crippen LogP contribution in [0, 0.1) is 6.92 Å². The molecular weight excluding hydrogens is 230 g/mol. The molecule has 4 rings (SSSR count). The van der Waals surface area contributed by atoms with Crippen LogP contribution in [-0.4, -0.2) is 4.98 Å². The van der Waals surface area contributed by atoms with Gasteiger partial charge in [0.25, 0.3) is 0 Å². The predicted octanol–water partition coefficient (Wildman–Crippen LogP) is 4.69. The molecule has 0 atom stereocenters. The lowest BCUT2D eigenvalue weighted by Gasteiger charge is -2.07. The largest absolute Gasteiger partial charge is 0.248 e. The Kier molecular flexibility index (Phi) is 2.10. The average Bonchev–Trinajstić information content (AvgIpc) is 2.89. The summed E-state index contributed by atoms with van der Waals surface area (Å²) in [6.07, 6.45) is 4.39. The maximum atomic E-state index is 4.81. The van der Waals surface area contributed by atoms with E-state index in [0.717, 1.165) is 11.2 Å². The second kappa shape index (κ2) is 3.79. The van der Waals surface area contributed by atoms with Crippen molar-refractivity contribution in [3.05, 3.63) is 65.2 Å². The van der Waals surface area contributed by atoms with E-state index in [2.05, 4.69) is 61.5 Å². The van der Waals surface area contributed by atoms with Crippen molar-refractivity contribution in [3.63, 3.8) is 0 Å². The molecule has 1 heterocycles. The average molecular weight is 243 g/mol. The lowest BCUT2D eigenvalue weighted by atomic mass is 10.0. The molecule has 0 aliphatic heterocycles. The van der Waals surface area contributed by atoms with Gasteiger partial charge in [0.2, 0.25) is 0 Å². The van der Waals surface area contributed by atoms with Crippen LogP contribution in [0.15, 0.2) is 48.5 Å². The lowest BCUT2D eigenvalue weighted by Crippen LogP contribution is -1.90. The zero-order valence-corrected chi connectivity index (χ0v) is 10.7. The fourth-order valence-corrected chi connectivity index (χ4v) is 2.77. The molecule has 1 nitrogen and oxygen atoms in total. The summed E-state index contributed by atoms with van der Waals surface area (Å²) < 4.78 is 0. The SMILES string of the molecule is Cc1ccc2nc(-c3ccccc3)cc3c2c1C=C3. The molecule has 3 aromatic rings. The van der Waals surface area contributed by atoms with E-state index < -0.39 is 0 Å². The zero-order chi connectivity index (χ0) is 12.8. The van der Waals surface area contributed by atoms with Gasteiger partial charge in [-0.25, -0.2) is 4.98 Å². The van der Waals surface area contributed by atoms with Crippen molar-refractivity contribution in [2.75, 3.05) is 0 Å². The molecule has 0 saturated carbocycles. The van der Waals surface area contributed by atoms with Gasteiger partial charge in [0, 0.05) is 10.9 Å². The summed E-state index contributed by atoms with van der Waals surface area (Å²) in [6, 6.07) is 16.8. The van der Waals surface area contributed by atoms with Crippen molar-refractivity contribution in [3.8, 4) is 11.3 Å². The summed E-state index contributed by atoms with van der Waals surface area (Å²) >= 11 is 0. The summed E-state index contributed by atoms with van der Waals surface area (Å²) in [5.74, 6) is 0. The molecule has 0 spiro atoms. The van der Waals surface area contributed by atoms with E-state index in [1.807, 2.05) is 6.07 Å². The topological polar surface area (TPSA) is 12.9 Å². The van der Waals surface area contributed by atoms with Crippen molar-refractivity contribution in [2.45, 2.75) is 6.92 Å². The quantitative estimate of drug-likeness (QED) is 0.472. The highest BCUT2D eigenvalue weighted by Gasteiger charge is 2.14. The van der Waals surface area contributed by atoms with Crippen LogP contribution in [0.4, 0.5) is 0 Å². The third-order valence-corrected chi connectivity index (χ3v) is 3.76. The Morgan fingerprint density at radius 1 is 0.895 bits per heavy atom. The molecule has 0 N–H and O–H groups in total. The van der Waals surface area contributed by atoms with Crippen LogP contribution in [0.5, 0.6) is 0 Å². The van der Waals surface area contributed by atoms with Crippen molar-refractivity contribution >= 4 is 23.1 Å². The number of hydrogen-bond donors (Lipinski definition) is 0. The summed E-state index contributed by atoms with van der Waals surface area (Å²) in [7, 11) is 0. The van der Waals surface area contributed by atoms with Crippen LogP contribution in [-0.2, 0) is 0 Å². The minimum Gasteiger partial charge on any atom is -0.248 e. The summed E-state index contributed by atoms with van der Waals surface area (Å²) in [5, 5.41) is 1.29. The molecule has 0 fully saturated rings. The van der Waals surface area contributed by atoms with Crippen molar-refractivity contribution in [2.24, 2.45) is 0 Å². The standard InChI is InChI=1S/C18H13N/c1-12-7-10-16-18-14(8-9-15(12)18)11-17(19-16)13-5-3-2-4-6-13/h2-11H,1H3. The van der Waals surface area contributed by atoms with Gasteiger partial charge in [0.05, 0.1) is 11.2 Å². The third-order valence-electron chi connectivity index (χ3n) is 3.76. The van der Waals surface area contributed by atoms with Gasteiger partial charge in [-0.2, -0.15) is 0 Å². The van der Waals surface area contributed by atoms with Gasteiger partial charge in [-0.15, -0.1) is 0 Å². The minimum atomic E-state index is 1.05. The van der Waals surface area contributed by atoms with Gasteiger partial charge in [0.1, 0.15) is 0 Å². The van der Waals surface area contributed by atoms with Crippen LogP contribution < -0.4 is 0 Å². The van der Waals surface area contributed by atoms with Gasteiger partial charge in [-0.1, -0.05) is 48.6 Å². The summed E-state index contributed by atoms with van der Waals surface area (Å²) in [5.41, 5.74) is 7.22. The maximum absolute atomic E-state index is 4.81. The zero-order valence-electron chi connectivity index (χ0n) is 10.7. The van der Waals surface area contributed by atoms with E-state index >= 15 is 0 Å². The summed E-state index contributed by atoms with van der Waals surface area (Å²) in [6.45, 7) is 2.15. The van der Waals surface area contributed by atoms with Crippen LogP contribution >= 0.6 is 0 Å². The number of nitrogens with zero attached hydrogens (tertiary/aromatic N) is 1. The Bertz CT molecular complexity index is 814. The van der Waals surface area contributed by atoms with Gasteiger partial charge in [-0.05, 0) is 35.7 Å². The van der Waals surface area contributed by atoms with Crippen LogP contribution in [0.1, 0.15) is 16.7 Å². The normalized spacial score (nSPS) is 12.3. The molecule has 0 radical (unpaired) electrons. The number of aromatic nitrogens is 1. The van der Waals surface area contributed by atoms with Crippen LogP contribution in [0.25, 0.3) is 34.3 Å². The first kappa shape index (κ1) is 10.5. The highest BCUT2D eigenvalue weighted by atomic mass is 14.7. The fraction of sp³-hybridized carbons (Fsp3) is 0.0556. The second-order valence-corrected chi connectivity index (χ2v) is 4.99. The van der Waals surface area contributed by atoms with E-state index in [-0.39, 0.29) is 0 Å². The third kappa shape index (κ3) is 1.52. The molecule has 0 amide bonds. The van der Waals surface area contributed by atoms with Gasteiger partial charge in [0.15, 0.2) is 0 Å². The molecule has 2 aromatic carbocycles. The van der Waals surface area contributed by atoms with Crippen molar-refractivity contribution in [1.82, 2.24) is 4.98 Å². The molecule has 0 unspecified atom stereocenters. The first-order chi connectivity index (χ1) is 9.33. The van der Waals surface area contributed by atoms with Crippen LogP contribution in [0.2, 0.25) is 0 Å². The van der Waals surface area contributed by atoms with E-state index in [4.69, 9.17) is 4.98 Å². The van der Waals surface area contributed by atoms with Crippen molar-refractivity contribution < 1.29 is 0 Å². The summed E-state index contributed by atoms with van der Waals surface area (Å²) in [4.78, 5) is 4.81. The van der Waals surface area contributed by atoms with Gasteiger partial charge >= 0.3 is 0 Å². The molecular formula is C18H13N. The number of benzene rings is 2. The molecule has 1 aromatic heterocycles. The first-order valence-electron chi connectivity index (χ1n) is 6.51. The van der Waals surface area contributed by atoms with E-state index in [1.54, 1.807) is 0 Å². The molecule has 90 valence electrons. The predicted molar refractivity (Wildman–Crippen MR) is 80.8 cm³/mol. The second-order valence-electron chi connectivity index (χ2n) is 4.99. The molecule has 1 aliphatic rings. The maximum Gasteiger partial charge on any atom is 0.0721 e. The highest BCUT2D eigenvalue weighted by Crippen LogP contribution is 2.34. The van der Waals surface area contributed by atoms with Crippen LogP contribution in [0.3, 0.4) is 0 Å². The Hall–Kier alpha value is -2.41. The highest BCUT2D eigenvalue weighted by molar-refractivity contribution is 6.05. The van der Waals surface area contributed by atoms with E-state index in [1.165, 1.54) is 27.6 Å². The van der Waals surface area contributed by atoms with E-state index in [9.17, 15) is 0 Å². The number of aryl methyl sites for hydroxylation is 1. The molecule has 1 heteroatoms. The Balaban J connectivity index is 2.04. The molecule has 1 aliphatic carbocycles. The Labute approximate surface area is 112 Å². The van der Waals surface area contributed by atoms with Gasteiger partial charge < -0.3 is 0 Å². The van der Waals surface area contributed by atoms with Crippen molar-refractivity contribution in [1.29, 1.82) is 0 Å². The molecule has 19 heavy (non-hydrogen) atoms. The number of rotatable bonds is 1. The number of hydrogen-bond acceptors (Lipinski definition) is 1. The van der Waals surface area contributed by atoms with E-state index in [0.29, 0.717) is 0 Å². The fourth-order valence-electron chi connectivity index (χ4n) is 2.77. The minimum absolute atomic E-state index is 1.05. The molecule has 0 bridgehead atoms. The molecule has 0 saturated heterocycles. The van der Waals surface area contributed by atoms with Gasteiger partial charge in [-0.3, -0.25) is 0 Å².